The van der Waals surface area contributed by atoms with Crippen molar-refractivity contribution in [2.45, 2.75) is 54.0 Å². The maximum atomic E-state index is 11.5. The number of carboxylic acids is 1. The predicted octanol–water partition coefficient (Wildman–Crippen LogP) is 3.41. The van der Waals surface area contributed by atoms with E-state index in [2.05, 4.69) is 5.10 Å². The second-order valence-electron chi connectivity index (χ2n) is 5.84. The molecule has 0 radical (unpaired) electrons. The molecule has 1 N–H and O–H groups in total. The van der Waals surface area contributed by atoms with E-state index in [-0.39, 0.29) is 5.41 Å². The standard InChI is InChI=1S/C14H23ClN2O2/c1-6-10-12(15)11(17(7-2)16-10)8-9(13(18)19)14(3,4)5/h9H,6-8H2,1-5H3,(H,18,19). The Bertz CT molecular complexity index is 461. The fourth-order valence-electron chi connectivity index (χ4n) is 2.17. The molecule has 108 valence electrons. The lowest BCUT2D eigenvalue weighted by Gasteiger charge is -2.27. The highest BCUT2D eigenvalue weighted by molar-refractivity contribution is 6.31. The van der Waals surface area contributed by atoms with E-state index in [1.807, 2.05) is 39.3 Å². The second-order valence-corrected chi connectivity index (χ2v) is 6.22. The summed E-state index contributed by atoms with van der Waals surface area (Å²) >= 11 is 6.33. The van der Waals surface area contributed by atoms with Crippen LogP contribution in [0.5, 0.6) is 0 Å². The normalized spacial score (nSPS) is 13.6. The molecule has 0 aliphatic rings. The molecule has 0 saturated carbocycles. The van der Waals surface area contributed by atoms with Crippen molar-refractivity contribution < 1.29 is 9.90 Å². The Hall–Kier alpha value is -1.03. The van der Waals surface area contributed by atoms with Gasteiger partial charge in [0.2, 0.25) is 0 Å². The van der Waals surface area contributed by atoms with Crippen molar-refractivity contribution in [2.75, 3.05) is 0 Å². The average Bonchev–Trinajstić information content (AvgIpc) is 2.60. The lowest BCUT2D eigenvalue weighted by atomic mass is 9.78. The van der Waals surface area contributed by atoms with Gasteiger partial charge in [-0.1, -0.05) is 39.3 Å². The molecule has 0 bridgehead atoms. The molecule has 0 aliphatic carbocycles. The first-order chi connectivity index (χ1) is 8.72. The molecule has 0 saturated heterocycles. The third-order valence-corrected chi connectivity index (χ3v) is 3.87. The zero-order valence-corrected chi connectivity index (χ0v) is 13.1. The predicted molar refractivity (Wildman–Crippen MR) is 76.6 cm³/mol. The average molecular weight is 287 g/mol. The summed E-state index contributed by atoms with van der Waals surface area (Å²) in [5, 5.41) is 14.5. The molecule has 1 unspecified atom stereocenters. The van der Waals surface area contributed by atoms with E-state index in [9.17, 15) is 9.90 Å². The van der Waals surface area contributed by atoms with Crippen LogP contribution < -0.4 is 0 Å². The number of carbonyl (C=O) groups is 1. The molecule has 0 aromatic carbocycles. The minimum absolute atomic E-state index is 0.315. The van der Waals surface area contributed by atoms with Crippen molar-refractivity contribution in [1.82, 2.24) is 9.78 Å². The Balaban J connectivity index is 3.16. The van der Waals surface area contributed by atoms with Crippen molar-refractivity contribution >= 4 is 17.6 Å². The summed E-state index contributed by atoms with van der Waals surface area (Å²) in [5.41, 5.74) is 1.37. The lowest BCUT2D eigenvalue weighted by molar-refractivity contribution is -0.145. The Morgan fingerprint density at radius 3 is 2.37 bits per heavy atom. The van der Waals surface area contributed by atoms with Crippen molar-refractivity contribution in [2.24, 2.45) is 11.3 Å². The molecule has 0 spiro atoms. The monoisotopic (exact) mass is 286 g/mol. The molecule has 1 rings (SSSR count). The number of nitrogens with zero attached hydrogens (tertiary/aromatic N) is 2. The second kappa shape index (κ2) is 5.95. The summed E-state index contributed by atoms with van der Waals surface area (Å²) in [4.78, 5) is 11.5. The van der Waals surface area contributed by atoms with Crippen LogP contribution in [0.1, 0.15) is 46.0 Å². The molecule has 0 aliphatic heterocycles. The molecule has 1 heterocycles. The summed E-state index contributed by atoms with van der Waals surface area (Å²) in [6, 6.07) is 0. The summed E-state index contributed by atoms with van der Waals surface area (Å²) < 4.78 is 1.82. The van der Waals surface area contributed by atoms with Gasteiger partial charge in [-0.05, 0) is 18.8 Å². The van der Waals surface area contributed by atoms with Crippen LogP contribution in [0, 0.1) is 11.3 Å². The Morgan fingerprint density at radius 2 is 2.00 bits per heavy atom. The number of hydrogen-bond donors (Lipinski definition) is 1. The number of aliphatic carboxylic acids is 1. The first-order valence-electron chi connectivity index (χ1n) is 6.69. The van der Waals surface area contributed by atoms with Crippen LogP contribution in [0.15, 0.2) is 0 Å². The third kappa shape index (κ3) is 3.50. The van der Waals surface area contributed by atoms with Crippen molar-refractivity contribution in [3.8, 4) is 0 Å². The number of hydrogen-bond acceptors (Lipinski definition) is 2. The maximum Gasteiger partial charge on any atom is 0.307 e. The SMILES string of the molecule is CCc1nn(CC)c(CC(C(=O)O)C(C)(C)C)c1Cl. The fraction of sp³-hybridized carbons (Fsp3) is 0.714. The van der Waals surface area contributed by atoms with Crippen LogP contribution in [0.3, 0.4) is 0 Å². The van der Waals surface area contributed by atoms with Gasteiger partial charge in [-0.2, -0.15) is 5.10 Å². The van der Waals surface area contributed by atoms with Gasteiger partial charge in [-0.25, -0.2) is 0 Å². The van der Waals surface area contributed by atoms with Crippen molar-refractivity contribution in [3.05, 3.63) is 16.4 Å². The quantitative estimate of drug-likeness (QED) is 0.902. The van der Waals surface area contributed by atoms with Gasteiger partial charge < -0.3 is 5.11 Å². The van der Waals surface area contributed by atoms with Gasteiger partial charge in [-0.15, -0.1) is 0 Å². The fourth-order valence-corrected chi connectivity index (χ4v) is 2.52. The Morgan fingerprint density at radius 1 is 1.42 bits per heavy atom. The zero-order valence-electron chi connectivity index (χ0n) is 12.3. The molecule has 0 amide bonds. The summed E-state index contributed by atoms with van der Waals surface area (Å²) in [6.45, 7) is 10.5. The first kappa shape index (κ1) is 16.0. The van der Waals surface area contributed by atoms with Crippen LogP contribution in [0.25, 0.3) is 0 Å². The molecule has 4 nitrogen and oxygen atoms in total. The number of halogens is 1. The van der Waals surface area contributed by atoms with E-state index >= 15 is 0 Å². The van der Waals surface area contributed by atoms with Gasteiger partial charge >= 0.3 is 5.97 Å². The molecule has 19 heavy (non-hydrogen) atoms. The van der Waals surface area contributed by atoms with Gasteiger partial charge in [-0.3, -0.25) is 9.48 Å². The van der Waals surface area contributed by atoms with E-state index in [4.69, 9.17) is 11.6 Å². The van der Waals surface area contributed by atoms with E-state index in [1.54, 1.807) is 0 Å². The molecule has 1 aromatic heterocycles. The topological polar surface area (TPSA) is 55.1 Å². The largest absolute Gasteiger partial charge is 0.481 e. The first-order valence-corrected chi connectivity index (χ1v) is 7.07. The summed E-state index contributed by atoms with van der Waals surface area (Å²) in [6.07, 6.45) is 1.17. The summed E-state index contributed by atoms with van der Waals surface area (Å²) in [7, 11) is 0. The summed E-state index contributed by atoms with van der Waals surface area (Å²) in [5.74, 6) is -1.26. The molecule has 5 heteroatoms. The highest BCUT2D eigenvalue weighted by atomic mass is 35.5. The van der Waals surface area contributed by atoms with Crippen LogP contribution in [0.4, 0.5) is 0 Å². The number of aryl methyl sites for hydroxylation is 2. The molecule has 1 aromatic rings. The van der Waals surface area contributed by atoms with Gasteiger partial charge in [0.15, 0.2) is 0 Å². The molecule has 0 fully saturated rings. The van der Waals surface area contributed by atoms with Crippen LogP contribution >= 0.6 is 11.6 Å². The lowest BCUT2D eigenvalue weighted by Crippen LogP contribution is -2.31. The smallest absolute Gasteiger partial charge is 0.307 e. The van der Waals surface area contributed by atoms with Gasteiger partial charge in [0, 0.05) is 13.0 Å². The van der Waals surface area contributed by atoms with E-state index in [1.165, 1.54) is 0 Å². The third-order valence-electron chi connectivity index (χ3n) is 3.44. The van der Waals surface area contributed by atoms with Gasteiger partial charge in [0.25, 0.3) is 0 Å². The number of aromatic nitrogens is 2. The van der Waals surface area contributed by atoms with Gasteiger partial charge in [0.05, 0.1) is 22.3 Å². The minimum atomic E-state index is -0.787. The van der Waals surface area contributed by atoms with Crippen molar-refractivity contribution in [3.63, 3.8) is 0 Å². The molecule has 1 atom stereocenters. The molecular formula is C14H23ClN2O2. The van der Waals surface area contributed by atoms with Gasteiger partial charge in [0.1, 0.15) is 0 Å². The van der Waals surface area contributed by atoms with E-state index < -0.39 is 11.9 Å². The highest BCUT2D eigenvalue weighted by Gasteiger charge is 2.33. The Kier molecular flexibility index (Phi) is 5.02. The van der Waals surface area contributed by atoms with E-state index in [0.717, 1.165) is 17.8 Å². The number of rotatable bonds is 5. The number of carboxylic acid groups (broad SMARTS) is 1. The molecular weight excluding hydrogens is 264 g/mol. The minimum Gasteiger partial charge on any atom is -0.481 e. The highest BCUT2D eigenvalue weighted by Crippen LogP contribution is 2.32. The van der Waals surface area contributed by atoms with Crippen LogP contribution in [-0.4, -0.2) is 20.9 Å². The van der Waals surface area contributed by atoms with Crippen LogP contribution in [-0.2, 0) is 24.2 Å². The zero-order chi connectivity index (χ0) is 14.8. The maximum absolute atomic E-state index is 11.5. The Labute approximate surface area is 119 Å². The van der Waals surface area contributed by atoms with E-state index in [0.29, 0.717) is 18.0 Å². The van der Waals surface area contributed by atoms with Crippen LogP contribution in [0.2, 0.25) is 5.02 Å². The van der Waals surface area contributed by atoms with Crippen molar-refractivity contribution in [1.29, 1.82) is 0 Å².